The molecule has 2 heterocycles. The molecule has 70 valence electrons. The predicted octanol–water partition coefficient (Wildman–Crippen LogP) is -0.576. The van der Waals surface area contributed by atoms with E-state index in [1.54, 1.807) is 0 Å². The van der Waals surface area contributed by atoms with E-state index in [0.29, 0.717) is 0 Å². The van der Waals surface area contributed by atoms with Crippen LogP contribution in [0, 0.1) is 0 Å². The van der Waals surface area contributed by atoms with Crippen molar-refractivity contribution >= 4 is 0 Å². The molecule has 2 bridgehead atoms. The SMILES string of the molecule is CCN1CC2OC(CO)C(C1)O2. The maximum atomic E-state index is 8.95. The van der Waals surface area contributed by atoms with Crippen LogP contribution in [0.2, 0.25) is 0 Å². The van der Waals surface area contributed by atoms with Crippen LogP contribution in [0.15, 0.2) is 0 Å². The zero-order valence-corrected chi connectivity index (χ0v) is 7.27. The van der Waals surface area contributed by atoms with Crippen LogP contribution in [0.3, 0.4) is 0 Å². The maximum absolute atomic E-state index is 8.95. The van der Waals surface area contributed by atoms with Crippen LogP contribution in [0.5, 0.6) is 0 Å². The molecule has 0 saturated carbocycles. The van der Waals surface area contributed by atoms with Gasteiger partial charge < -0.3 is 14.6 Å². The fourth-order valence-electron chi connectivity index (χ4n) is 1.80. The molecular weight excluding hydrogens is 158 g/mol. The van der Waals surface area contributed by atoms with Gasteiger partial charge in [0, 0.05) is 13.1 Å². The Kier molecular flexibility index (Phi) is 2.32. The summed E-state index contributed by atoms with van der Waals surface area (Å²) in [5.41, 5.74) is 0. The van der Waals surface area contributed by atoms with Crippen molar-refractivity contribution in [2.24, 2.45) is 0 Å². The molecule has 2 aliphatic heterocycles. The molecule has 0 aromatic rings. The third kappa shape index (κ3) is 1.35. The number of morpholine rings is 1. The highest BCUT2D eigenvalue weighted by molar-refractivity contribution is 4.85. The van der Waals surface area contributed by atoms with Gasteiger partial charge in [0.25, 0.3) is 0 Å². The number of aliphatic hydroxyl groups excluding tert-OH is 1. The molecule has 1 N–H and O–H groups in total. The fraction of sp³-hybridized carbons (Fsp3) is 1.00. The zero-order valence-electron chi connectivity index (χ0n) is 7.27. The average Bonchev–Trinajstić information content (AvgIpc) is 2.40. The molecule has 4 nitrogen and oxygen atoms in total. The van der Waals surface area contributed by atoms with Crippen LogP contribution in [-0.4, -0.2) is 54.7 Å². The van der Waals surface area contributed by atoms with E-state index in [0.717, 1.165) is 19.6 Å². The summed E-state index contributed by atoms with van der Waals surface area (Å²) in [7, 11) is 0. The molecule has 0 radical (unpaired) electrons. The number of hydrogen-bond acceptors (Lipinski definition) is 4. The third-order valence-electron chi connectivity index (χ3n) is 2.54. The molecule has 2 rings (SSSR count). The highest BCUT2D eigenvalue weighted by atomic mass is 16.7. The minimum absolute atomic E-state index is 0.0682. The number of hydrogen-bond donors (Lipinski definition) is 1. The summed E-state index contributed by atoms with van der Waals surface area (Å²) in [6, 6.07) is 0. The van der Waals surface area contributed by atoms with Crippen molar-refractivity contribution in [1.82, 2.24) is 4.90 Å². The van der Waals surface area contributed by atoms with Gasteiger partial charge in [-0.3, -0.25) is 4.90 Å². The second-order valence-corrected chi connectivity index (χ2v) is 3.31. The molecule has 0 aliphatic carbocycles. The first-order valence-corrected chi connectivity index (χ1v) is 4.47. The van der Waals surface area contributed by atoms with Gasteiger partial charge in [-0.1, -0.05) is 6.92 Å². The van der Waals surface area contributed by atoms with E-state index in [9.17, 15) is 0 Å². The number of rotatable bonds is 2. The van der Waals surface area contributed by atoms with E-state index >= 15 is 0 Å². The van der Waals surface area contributed by atoms with Crippen molar-refractivity contribution in [1.29, 1.82) is 0 Å². The number of ether oxygens (including phenoxy) is 2. The highest BCUT2D eigenvalue weighted by Gasteiger charge is 2.41. The maximum Gasteiger partial charge on any atom is 0.171 e. The molecule has 0 amide bonds. The molecule has 3 atom stereocenters. The summed E-state index contributed by atoms with van der Waals surface area (Å²) in [6.45, 7) is 4.94. The molecule has 3 unspecified atom stereocenters. The van der Waals surface area contributed by atoms with Gasteiger partial charge in [0.05, 0.1) is 6.61 Å². The monoisotopic (exact) mass is 173 g/mol. The van der Waals surface area contributed by atoms with Gasteiger partial charge in [-0.2, -0.15) is 0 Å². The lowest BCUT2D eigenvalue weighted by Crippen LogP contribution is -2.44. The lowest BCUT2D eigenvalue weighted by molar-refractivity contribution is -0.110. The molecule has 2 aliphatic rings. The van der Waals surface area contributed by atoms with E-state index < -0.39 is 0 Å². The summed E-state index contributed by atoms with van der Waals surface area (Å²) in [4.78, 5) is 2.29. The van der Waals surface area contributed by atoms with Crippen molar-refractivity contribution in [3.8, 4) is 0 Å². The summed E-state index contributed by atoms with van der Waals surface area (Å²) in [5, 5.41) is 8.95. The van der Waals surface area contributed by atoms with Gasteiger partial charge in [-0.15, -0.1) is 0 Å². The summed E-state index contributed by atoms with van der Waals surface area (Å²) >= 11 is 0. The quantitative estimate of drug-likeness (QED) is 0.607. The van der Waals surface area contributed by atoms with Crippen molar-refractivity contribution in [3.63, 3.8) is 0 Å². The standard InChI is InChI=1S/C8H15NO3/c1-2-9-3-6-7(5-10)12-8(4-9)11-6/h6-8,10H,2-5H2,1H3. The summed E-state index contributed by atoms with van der Waals surface area (Å²) in [5.74, 6) is 0. The molecule has 2 fully saturated rings. The van der Waals surface area contributed by atoms with E-state index in [2.05, 4.69) is 11.8 Å². The van der Waals surface area contributed by atoms with E-state index in [4.69, 9.17) is 14.6 Å². The van der Waals surface area contributed by atoms with Gasteiger partial charge in [-0.25, -0.2) is 0 Å². The first-order chi connectivity index (χ1) is 5.83. The van der Waals surface area contributed by atoms with E-state index in [1.807, 2.05) is 0 Å². The Morgan fingerprint density at radius 3 is 2.92 bits per heavy atom. The largest absolute Gasteiger partial charge is 0.394 e. The smallest absolute Gasteiger partial charge is 0.171 e. The van der Waals surface area contributed by atoms with Gasteiger partial charge in [0.2, 0.25) is 0 Å². The second-order valence-electron chi connectivity index (χ2n) is 3.31. The number of nitrogens with zero attached hydrogens (tertiary/aromatic N) is 1. The minimum atomic E-state index is -0.110. The lowest BCUT2D eigenvalue weighted by atomic mass is 10.2. The summed E-state index contributed by atoms with van der Waals surface area (Å²) < 4.78 is 11.0. The van der Waals surface area contributed by atoms with Gasteiger partial charge >= 0.3 is 0 Å². The molecule has 0 aromatic carbocycles. The topological polar surface area (TPSA) is 41.9 Å². The van der Waals surface area contributed by atoms with Crippen molar-refractivity contribution in [2.75, 3.05) is 26.2 Å². The molecule has 12 heavy (non-hydrogen) atoms. The molecule has 0 spiro atoms. The molecular formula is C8H15NO3. The van der Waals surface area contributed by atoms with E-state index in [-0.39, 0.29) is 25.1 Å². The Morgan fingerprint density at radius 2 is 2.25 bits per heavy atom. The first-order valence-electron chi connectivity index (χ1n) is 4.47. The Bertz CT molecular complexity index is 162. The summed E-state index contributed by atoms with van der Waals surface area (Å²) in [6.07, 6.45) is -0.138. The van der Waals surface area contributed by atoms with Crippen LogP contribution in [0.1, 0.15) is 6.92 Å². The molecule has 4 heteroatoms. The van der Waals surface area contributed by atoms with Gasteiger partial charge in [0.15, 0.2) is 6.29 Å². The number of aliphatic hydroxyl groups is 1. The van der Waals surface area contributed by atoms with Crippen LogP contribution in [0.25, 0.3) is 0 Å². The third-order valence-corrected chi connectivity index (χ3v) is 2.54. The van der Waals surface area contributed by atoms with Crippen LogP contribution >= 0.6 is 0 Å². The van der Waals surface area contributed by atoms with Crippen molar-refractivity contribution < 1.29 is 14.6 Å². The van der Waals surface area contributed by atoms with Crippen molar-refractivity contribution in [3.05, 3.63) is 0 Å². The van der Waals surface area contributed by atoms with Crippen LogP contribution in [0.4, 0.5) is 0 Å². The average molecular weight is 173 g/mol. The Balaban J connectivity index is 1.98. The second kappa shape index (κ2) is 3.30. The van der Waals surface area contributed by atoms with Gasteiger partial charge in [0.1, 0.15) is 12.2 Å². The first kappa shape index (κ1) is 8.44. The molecule has 0 aromatic heterocycles. The van der Waals surface area contributed by atoms with E-state index in [1.165, 1.54) is 0 Å². The Morgan fingerprint density at radius 1 is 1.42 bits per heavy atom. The normalized spacial score (nSPS) is 42.0. The predicted molar refractivity (Wildman–Crippen MR) is 42.7 cm³/mol. The fourth-order valence-corrected chi connectivity index (χ4v) is 1.80. The van der Waals surface area contributed by atoms with Crippen LogP contribution < -0.4 is 0 Å². The minimum Gasteiger partial charge on any atom is -0.394 e. The zero-order chi connectivity index (χ0) is 8.55. The Hall–Kier alpha value is -0.160. The van der Waals surface area contributed by atoms with Crippen molar-refractivity contribution in [2.45, 2.75) is 25.4 Å². The number of fused-ring (bicyclic) bond motifs is 2. The number of likely N-dealkylation sites (N-methyl/N-ethyl adjacent to an activating group) is 1. The highest BCUT2D eigenvalue weighted by Crippen LogP contribution is 2.24. The Labute approximate surface area is 72.1 Å². The van der Waals surface area contributed by atoms with Gasteiger partial charge in [-0.05, 0) is 6.54 Å². The van der Waals surface area contributed by atoms with Crippen LogP contribution in [-0.2, 0) is 9.47 Å². The molecule has 2 saturated heterocycles. The lowest BCUT2D eigenvalue weighted by Gasteiger charge is -2.29.